The number of rotatable bonds is 4. The zero-order valence-electron chi connectivity index (χ0n) is 16.8. The molecule has 1 fully saturated rings. The molecule has 0 aromatic heterocycles. The van der Waals surface area contributed by atoms with Crippen LogP contribution in [0, 0.1) is 0 Å². The molecule has 3 rings (SSSR count). The molecule has 1 unspecified atom stereocenters. The summed E-state index contributed by atoms with van der Waals surface area (Å²) >= 11 is 6.02. The third-order valence-corrected chi connectivity index (χ3v) is 5.13. The van der Waals surface area contributed by atoms with E-state index in [9.17, 15) is 18.8 Å². The van der Waals surface area contributed by atoms with Crippen LogP contribution in [0.15, 0.2) is 22.3 Å². The van der Waals surface area contributed by atoms with Crippen LogP contribution in [0.1, 0.15) is 27.2 Å². The molecule has 3 atom stereocenters. The van der Waals surface area contributed by atoms with Gasteiger partial charge in [-0.1, -0.05) is 11.6 Å². The Balaban J connectivity index is 1.73. The van der Waals surface area contributed by atoms with E-state index in [1.807, 2.05) is 0 Å². The molecule has 3 aliphatic heterocycles. The second-order valence-electron chi connectivity index (χ2n) is 8.18. The molecule has 166 valence electrons. The fraction of sp³-hybridized carbons (Fsp3) is 0.611. The van der Waals surface area contributed by atoms with Crippen molar-refractivity contribution >= 4 is 29.4 Å². The van der Waals surface area contributed by atoms with Crippen LogP contribution in [0.5, 0.6) is 0 Å². The molecular formula is C18H24ClFN4O6. The van der Waals surface area contributed by atoms with E-state index >= 15 is 0 Å². The number of ether oxygens (including phenoxy) is 2. The van der Waals surface area contributed by atoms with Crippen molar-refractivity contribution in [2.24, 2.45) is 0 Å². The monoisotopic (exact) mass is 446 g/mol. The lowest BCUT2D eigenvalue weighted by Gasteiger charge is -2.36. The summed E-state index contributed by atoms with van der Waals surface area (Å²) in [5.41, 5.74) is 2.34. The average Bonchev–Trinajstić information content (AvgIpc) is 2.94. The normalized spacial score (nSPS) is 27.0. The maximum absolute atomic E-state index is 15.0. The Labute approximate surface area is 177 Å². The van der Waals surface area contributed by atoms with E-state index in [1.54, 1.807) is 20.8 Å². The van der Waals surface area contributed by atoms with Crippen LogP contribution in [0.25, 0.3) is 0 Å². The minimum absolute atomic E-state index is 0.0818. The Kier molecular flexibility index (Phi) is 6.25. The maximum Gasteiger partial charge on any atom is 0.408 e. The van der Waals surface area contributed by atoms with Gasteiger partial charge in [-0.15, -0.1) is 0 Å². The molecule has 0 aliphatic carbocycles. The summed E-state index contributed by atoms with van der Waals surface area (Å²) in [7, 11) is 0. The second-order valence-corrected chi connectivity index (χ2v) is 8.55. The summed E-state index contributed by atoms with van der Waals surface area (Å²) in [4.78, 5) is 35.5. The van der Waals surface area contributed by atoms with Crippen molar-refractivity contribution in [3.05, 3.63) is 22.3 Å². The molecule has 1 saturated heterocycles. The molecule has 4 N–H and O–H groups in total. The predicted octanol–water partition coefficient (Wildman–Crippen LogP) is 0.746. The SMILES string of the molecule is CC(C)(C)OC(=O)N[C@H]1COCC[C@H]1NN1CC2=C(Cl)C(=O)C(C(=O)O)NC2=C1F. The molecule has 0 aromatic rings. The number of amides is 1. The smallest absolute Gasteiger partial charge is 0.408 e. The minimum atomic E-state index is -1.65. The van der Waals surface area contributed by atoms with E-state index in [-0.39, 0.29) is 29.5 Å². The molecule has 0 saturated carbocycles. The van der Waals surface area contributed by atoms with Crippen LogP contribution >= 0.6 is 11.6 Å². The average molecular weight is 447 g/mol. The van der Waals surface area contributed by atoms with Crippen LogP contribution in [0.3, 0.4) is 0 Å². The number of carboxylic acid groups (broad SMARTS) is 1. The first-order valence-corrected chi connectivity index (χ1v) is 9.79. The third kappa shape index (κ3) is 4.68. The number of alkyl carbamates (subject to hydrolysis) is 1. The number of aliphatic carboxylic acids is 1. The fourth-order valence-electron chi connectivity index (χ4n) is 3.35. The minimum Gasteiger partial charge on any atom is -0.479 e. The van der Waals surface area contributed by atoms with Gasteiger partial charge >= 0.3 is 12.1 Å². The quantitative estimate of drug-likeness (QED) is 0.365. The Bertz CT molecular complexity index is 824. The van der Waals surface area contributed by atoms with Crippen LogP contribution in [0.2, 0.25) is 0 Å². The molecule has 0 radical (unpaired) electrons. The summed E-state index contributed by atoms with van der Waals surface area (Å²) < 4.78 is 25.6. The first kappa shape index (κ1) is 22.3. The Morgan fingerprint density at radius 1 is 1.37 bits per heavy atom. The number of hydrogen-bond acceptors (Lipinski definition) is 8. The molecule has 30 heavy (non-hydrogen) atoms. The molecule has 0 spiro atoms. The van der Waals surface area contributed by atoms with Gasteiger partial charge in [0.05, 0.1) is 36.0 Å². The van der Waals surface area contributed by atoms with E-state index in [0.29, 0.717) is 13.0 Å². The van der Waals surface area contributed by atoms with Gasteiger partial charge in [0, 0.05) is 12.2 Å². The van der Waals surface area contributed by atoms with Gasteiger partial charge in [0.1, 0.15) is 5.60 Å². The number of hydrogen-bond donors (Lipinski definition) is 4. The molecule has 1 amide bonds. The molecule has 0 aromatic carbocycles. The Morgan fingerprint density at radius 2 is 2.07 bits per heavy atom. The van der Waals surface area contributed by atoms with Gasteiger partial charge < -0.3 is 25.2 Å². The number of Topliss-reactive ketones (excluding diaryl/α,β-unsaturated/α-hetero) is 1. The van der Waals surface area contributed by atoms with E-state index in [1.165, 1.54) is 0 Å². The highest BCUT2D eigenvalue weighted by Gasteiger charge is 2.43. The molecular weight excluding hydrogens is 423 g/mol. The standard InChI is InChI=1S/C18H24ClFN4O6/c1-18(2,3)30-17(28)21-10-7-29-5-4-9(10)23-24-6-8-11(19)14(25)13(16(26)27)22-12(8)15(24)20/h9-10,13,22-23H,4-7H2,1-3H3,(H,21,28)(H,26,27)/t9-,10+,13?/m1/s1. The number of nitrogens with zero attached hydrogens (tertiary/aromatic N) is 1. The Morgan fingerprint density at radius 3 is 2.70 bits per heavy atom. The first-order chi connectivity index (χ1) is 14.0. The van der Waals surface area contributed by atoms with Gasteiger partial charge in [0.15, 0.2) is 6.04 Å². The van der Waals surface area contributed by atoms with E-state index < -0.39 is 47.5 Å². The van der Waals surface area contributed by atoms with Crippen molar-refractivity contribution in [1.82, 2.24) is 21.1 Å². The highest BCUT2D eigenvalue weighted by atomic mass is 35.5. The zero-order chi connectivity index (χ0) is 22.2. The lowest BCUT2D eigenvalue weighted by atomic mass is 10.0. The number of carboxylic acids is 1. The van der Waals surface area contributed by atoms with Gasteiger partial charge in [-0.25, -0.2) is 15.0 Å². The summed E-state index contributed by atoms with van der Waals surface area (Å²) in [5.74, 6) is -3.06. The van der Waals surface area contributed by atoms with Crippen molar-refractivity contribution in [1.29, 1.82) is 0 Å². The van der Waals surface area contributed by atoms with Crippen molar-refractivity contribution in [2.45, 2.75) is 50.9 Å². The van der Waals surface area contributed by atoms with Gasteiger partial charge in [-0.2, -0.15) is 4.39 Å². The van der Waals surface area contributed by atoms with Crippen molar-refractivity contribution < 1.29 is 33.4 Å². The van der Waals surface area contributed by atoms with Gasteiger partial charge in [0.2, 0.25) is 11.7 Å². The van der Waals surface area contributed by atoms with E-state index in [2.05, 4.69) is 16.1 Å². The summed E-state index contributed by atoms with van der Waals surface area (Å²) in [6, 6.07) is -2.55. The number of carbonyl (C=O) groups is 3. The molecule has 3 heterocycles. The lowest BCUT2D eigenvalue weighted by molar-refractivity contribution is -0.142. The molecule has 12 heteroatoms. The predicted molar refractivity (Wildman–Crippen MR) is 103 cm³/mol. The van der Waals surface area contributed by atoms with Crippen LogP contribution < -0.4 is 16.1 Å². The van der Waals surface area contributed by atoms with Gasteiger partial charge in [-0.3, -0.25) is 9.80 Å². The zero-order valence-corrected chi connectivity index (χ0v) is 17.5. The number of halogens is 2. The van der Waals surface area contributed by atoms with Crippen molar-refractivity contribution in [3.63, 3.8) is 0 Å². The number of nitrogens with one attached hydrogen (secondary N) is 3. The van der Waals surface area contributed by atoms with Crippen molar-refractivity contribution in [2.75, 3.05) is 19.8 Å². The molecule has 3 aliphatic rings. The van der Waals surface area contributed by atoms with Gasteiger partial charge in [0.25, 0.3) is 0 Å². The maximum atomic E-state index is 15.0. The summed E-state index contributed by atoms with van der Waals surface area (Å²) in [6.45, 7) is 5.74. The van der Waals surface area contributed by atoms with Crippen LogP contribution in [-0.4, -0.2) is 71.4 Å². The van der Waals surface area contributed by atoms with Crippen molar-refractivity contribution in [3.8, 4) is 0 Å². The lowest BCUT2D eigenvalue weighted by Crippen LogP contribution is -2.59. The number of carbonyl (C=O) groups excluding carboxylic acids is 2. The van der Waals surface area contributed by atoms with Crippen LogP contribution in [0.4, 0.5) is 9.18 Å². The third-order valence-electron chi connectivity index (χ3n) is 4.72. The van der Waals surface area contributed by atoms with E-state index in [0.717, 1.165) is 5.01 Å². The van der Waals surface area contributed by atoms with E-state index in [4.69, 9.17) is 26.2 Å². The first-order valence-electron chi connectivity index (χ1n) is 9.41. The summed E-state index contributed by atoms with van der Waals surface area (Å²) in [6.07, 6.45) is -0.155. The topological polar surface area (TPSA) is 129 Å². The molecule has 0 bridgehead atoms. The van der Waals surface area contributed by atoms with Crippen LogP contribution in [-0.2, 0) is 19.1 Å². The number of fused-ring (bicyclic) bond motifs is 1. The molecule has 10 nitrogen and oxygen atoms in total. The second kappa shape index (κ2) is 8.40. The summed E-state index contributed by atoms with van der Waals surface area (Å²) in [5, 5.41) is 15.1. The Hall–Kier alpha value is -2.37. The number of hydrazine groups is 1. The highest BCUT2D eigenvalue weighted by Crippen LogP contribution is 2.34. The highest BCUT2D eigenvalue weighted by molar-refractivity contribution is 6.45. The van der Waals surface area contributed by atoms with Gasteiger partial charge in [-0.05, 0) is 27.2 Å². The largest absolute Gasteiger partial charge is 0.479 e. The fourth-order valence-corrected chi connectivity index (χ4v) is 3.61. The number of ketones is 1.